The van der Waals surface area contributed by atoms with Gasteiger partial charge in [0.25, 0.3) is 0 Å². The van der Waals surface area contributed by atoms with Crippen molar-refractivity contribution in [1.29, 1.82) is 0 Å². The summed E-state index contributed by atoms with van der Waals surface area (Å²) < 4.78 is 0. The third-order valence-corrected chi connectivity index (χ3v) is 11.1. The molecule has 6 aromatic carbocycles. The number of hydrogen-bond acceptors (Lipinski definition) is 1. The first-order chi connectivity index (χ1) is 23.7. The number of carbonyl (C=O) groups is 1. The third kappa shape index (κ3) is 6.08. The van der Waals surface area contributed by atoms with Crippen LogP contribution in [-0.2, 0) is 10.8 Å². The van der Waals surface area contributed by atoms with Crippen LogP contribution in [0, 0.1) is 41.5 Å². The number of ketones is 1. The lowest BCUT2D eigenvalue weighted by Gasteiger charge is -2.22. The molecule has 1 nitrogen and oxygen atoms in total. The van der Waals surface area contributed by atoms with Gasteiger partial charge in [-0.1, -0.05) is 178 Å². The molecule has 0 aliphatic heterocycles. The maximum absolute atomic E-state index is 12.1. The Balaban J connectivity index is 0.000000131. The van der Waals surface area contributed by atoms with Gasteiger partial charge < -0.3 is 0 Å². The Bertz CT molecular complexity index is 2180. The van der Waals surface area contributed by atoms with Crippen molar-refractivity contribution in [2.75, 3.05) is 0 Å². The Hall–Kier alpha value is -5.01. The summed E-state index contributed by atoms with van der Waals surface area (Å²) in [7, 11) is 0. The van der Waals surface area contributed by atoms with Gasteiger partial charge in [0.1, 0.15) is 0 Å². The van der Waals surface area contributed by atoms with E-state index in [0.29, 0.717) is 0 Å². The number of carbonyl (C=O) groups excluding carboxylic acids is 1. The molecule has 0 fully saturated rings. The largest absolute Gasteiger partial charge is 0.289 e. The predicted molar refractivity (Wildman–Crippen MR) is 218 cm³/mol. The van der Waals surface area contributed by atoms with Crippen molar-refractivity contribution in [2.45, 2.75) is 87.5 Å². The van der Waals surface area contributed by atoms with Crippen LogP contribution in [0.15, 0.2) is 109 Å². The summed E-state index contributed by atoms with van der Waals surface area (Å²) in [5.41, 5.74) is 23.4. The molecule has 0 atom stereocenters. The Morgan fingerprint density at radius 3 is 0.961 bits per heavy atom. The molecular formula is C50H52O. The van der Waals surface area contributed by atoms with Crippen LogP contribution in [-0.4, -0.2) is 5.78 Å². The van der Waals surface area contributed by atoms with Crippen molar-refractivity contribution in [3.05, 3.63) is 176 Å². The standard InChI is InChI=1S/2C17H18.C15H12O.CH4/c1-11-5-7-15-13(9-11)14-10-12(2)6-8-16(14)17(15,3)4;1-11-5-7-13-14-8-6-12(2)10-16(14)17(3,4)15(13)9-11;1-9-3-5-11-13(7-9)14-8-10(2)4-6-12(14)15(11)16;/h2*5-10H,1-4H3;3-8H,1-2H3;1H4. The zero-order valence-corrected chi connectivity index (χ0v) is 31.3. The molecule has 6 aromatic rings. The van der Waals surface area contributed by atoms with Gasteiger partial charge in [0.2, 0.25) is 0 Å². The second kappa shape index (κ2) is 13.0. The minimum absolute atomic E-state index is 0. The van der Waals surface area contributed by atoms with Crippen LogP contribution in [0.3, 0.4) is 0 Å². The second-order valence-electron chi connectivity index (χ2n) is 15.9. The number of fused-ring (bicyclic) bond motifs is 9. The molecule has 0 aromatic heterocycles. The normalized spacial score (nSPS) is 14.3. The van der Waals surface area contributed by atoms with Crippen LogP contribution >= 0.6 is 0 Å². The van der Waals surface area contributed by atoms with Crippen molar-refractivity contribution in [2.24, 2.45) is 0 Å². The minimum Gasteiger partial charge on any atom is -0.289 e. The Kier molecular flexibility index (Phi) is 9.09. The third-order valence-electron chi connectivity index (χ3n) is 11.1. The second-order valence-corrected chi connectivity index (χ2v) is 15.9. The SMILES string of the molecule is C.Cc1ccc2c(c1)-c1cc(C)ccc1C2(C)C.Cc1ccc2c(c1)-c1cc(C)ccc1C2=O.Cc1ccc2c(c1)C(C)(C)c1cc(C)ccc1-2. The van der Waals surface area contributed by atoms with Gasteiger partial charge in [0.15, 0.2) is 5.78 Å². The van der Waals surface area contributed by atoms with Crippen LogP contribution in [0.5, 0.6) is 0 Å². The summed E-state index contributed by atoms with van der Waals surface area (Å²) in [5, 5.41) is 0. The molecule has 0 bridgehead atoms. The maximum Gasteiger partial charge on any atom is 0.194 e. The van der Waals surface area contributed by atoms with E-state index in [1.54, 1.807) is 0 Å². The first-order valence-corrected chi connectivity index (χ1v) is 17.9. The van der Waals surface area contributed by atoms with E-state index in [0.717, 1.165) is 22.3 Å². The molecule has 0 spiro atoms. The smallest absolute Gasteiger partial charge is 0.194 e. The zero-order chi connectivity index (χ0) is 35.7. The number of hydrogen-bond donors (Lipinski definition) is 0. The lowest BCUT2D eigenvalue weighted by atomic mass is 9.81. The van der Waals surface area contributed by atoms with Gasteiger partial charge in [-0.3, -0.25) is 4.79 Å². The van der Waals surface area contributed by atoms with E-state index in [9.17, 15) is 4.79 Å². The van der Waals surface area contributed by atoms with Crippen LogP contribution < -0.4 is 0 Å². The molecule has 51 heavy (non-hydrogen) atoms. The molecule has 0 N–H and O–H groups in total. The van der Waals surface area contributed by atoms with Crippen LogP contribution in [0.1, 0.15) is 107 Å². The zero-order valence-electron chi connectivity index (χ0n) is 31.3. The van der Waals surface area contributed by atoms with E-state index in [4.69, 9.17) is 0 Å². The fourth-order valence-corrected chi connectivity index (χ4v) is 8.27. The topological polar surface area (TPSA) is 17.1 Å². The summed E-state index contributed by atoms with van der Waals surface area (Å²) >= 11 is 0. The molecule has 0 saturated carbocycles. The monoisotopic (exact) mass is 668 g/mol. The van der Waals surface area contributed by atoms with Gasteiger partial charge in [-0.05, 0) is 97.2 Å². The van der Waals surface area contributed by atoms with Crippen molar-refractivity contribution < 1.29 is 4.79 Å². The Labute approximate surface area is 306 Å². The lowest BCUT2D eigenvalue weighted by molar-refractivity contribution is 0.104. The maximum atomic E-state index is 12.1. The molecule has 0 amide bonds. The number of rotatable bonds is 0. The van der Waals surface area contributed by atoms with Gasteiger partial charge in [0.05, 0.1) is 0 Å². The molecule has 3 aliphatic carbocycles. The first-order valence-electron chi connectivity index (χ1n) is 17.9. The molecule has 0 heterocycles. The first kappa shape index (κ1) is 35.8. The van der Waals surface area contributed by atoms with Gasteiger partial charge in [-0.2, -0.15) is 0 Å². The lowest BCUT2D eigenvalue weighted by Crippen LogP contribution is -2.15. The summed E-state index contributed by atoms with van der Waals surface area (Å²) in [6.45, 7) is 22.1. The van der Waals surface area contributed by atoms with E-state index >= 15 is 0 Å². The van der Waals surface area contributed by atoms with Crippen molar-refractivity contribution in [1.82, 2.24) is 0 Å². The van der Waals surface area contributed by atoms with E-state index in [1.165, 1.54) is 77.9 Å². The highest BCUT2D eigenvalue weighted by atomic mass is 16.1. The van der Waals surface area contributed by atoms with E-state index < -0.39 is 0 Å². The Morgan fingerprint density at radius 2 is 0.588 bits per heavy atom. The number of aryl methyl sites for hydroxylation is 6. The molecule has 0 unspecified atom stereocenters. The minimum atomic E-state index is 0. The molecular weight excluding hydrogens is 617 g/mol. The van der Waals surface area contributed by atoms with Gasteiger partial charge in [0, 0.05) is 22.0 Å². The van der Waals surface area contributed by atoms with Crippen molar-refractivity contribution in [3.63, 3.8) is 0 Å². The summed E-state index contributed by atoms with van der Waals surface area (Å²) in [6, 6.07) is 39.4. The highest BCUT2D eigenvalue weighted by Crippen LogP contribution is 2.50. The van der Waals surface area contributed by atoms with Crippen LogP contribution in [0.2, 0.25) is 0 Å². The quantitative estimate of drug-likeness (QED) is 0.157. The van der Waals surface area contributed by atoms with Crippen LogP contribution in [0.25, 0.3) is 33.4 Å². The van der Waals surface area contributed by atoms with E-state index in [-0.39, 0.29) is 24.0 Å². The molecule has 3 aliphatic rings. The Morgan fingerprint density at radius 1 is 0.314 bits per heavy atom. The molecule has 1 heteroatoms. The molecule has 0 radical (unpaired) electrons. The predicted octanol–water partition coefficient (Wildman–Crippen LogP) is 13.4. The summed E-state index contributed by atoms with van der Waals surface area (Å²) in [6.07, 6.45) is 0. The average Bonchev–Trinajstić information content (AvgIpc) is 3.55. The van der Waals surface area contributed by atoms with Crippen molar-refractivity contribution in [3.8, 4) is 33.4 Å². The van der Waals surface area contributed by atoms with Crippen molar-refractivity contribution >= 4 is 5.78 Å². The van der Waals surface area contributed by atoms with Gasteiger partial charge in [-0.25, -0.2) is 0 Å². The van der Waals surface area contributed by atoms with E-state index in [1.807, 2.05) is 24.3 Å². The summed E-state index contributed by atoms with van der Waals surface area (Å²) in [5.74, 6) is 0.157. The van der Waals surface area contributed by atoms with Gasteiger partial charge in [-0.15, -0.1) is 0 Å². The number of benzene rings is 6. The highest BCUT2D eigenvalue weighted by Gasteiger charge is 2.36. The summed E-state index contributed by atoms with van der Waals surface area (Å²) in [4.78, 5) is 12.1. The molecule has 0 saturated heterocycles. The van der Waals surface area contributed by atoms with Crippen LogP contribution in [0.4, 0.5) is 0 Å². The fourth-order valence-electron chi connectivity index (χ4n) is 8.27. The molecule has 258 valence electrons. The van der Waals surface area contributed by atoms with E-state index in [2.05, 4.69) is 154 Å². The van der Waals surface area contributed by atoms with Gasteiger partial charge >= 0.3 is 0 Å². The molecule has 9 rings (SSSR count). The highest BCUT2D eigenvalue weighted by molar-refractivity contribution is 6.21. The fraction of sp³-hybridized carbons (Fsp3) is 0.260. The average molecular weight is 669 g/mol.